The minimum absolute atomic E-state index is 1.18. The number of hydrogen-bond donors (Lipinski definition) is 0. The number of benzene rings is 6. The Balaban J connectivity index is 1.30. The quantitative estimate of drug-likeness (QED) is 0.221. The molecule has 0 bridgehead atoms. The van der Waals surface area contributed by atoms with E-state index in [0.29, 0.717) is 0 Å². The van der Waals surface area contributed by atoms with E-state index < -0.39 is 0 Å². The molecule has 0 saturated heterocycles. The van der Waals surface area contributed by atoms with Crippen LogP contribution in [0, 0.1) is 0 Å². The maximum atomic E-state index is 4.18. The molecule has 0 N–H and O–H groups in total. The molecule has 0 fully saturated rings. The van der Waals surface area contributed by atoms with Gasteiger partial charge in [0.25, 0.3) is 0 Å². The minimum atomic E-state index is 1.18. The summed E-state index contributed by atoms with van der Waals surface area (Å²) < 4.78 is 0. The Morgan fingerprint density at radius 3 is 1.38 bits per heavy atom. The fraction of sp³-hybridized carbons (Fsp3) is 0. The fourth-order valence-electron chi connectivity index (χ4n) is 6.10. The van der Waals surface area contributed by atoms with Crippen molar-refractivity contribution < 1.29 is 0 Å². The van der Waals surface area contributed by atoms with Crippen LogP contribution in [0.15, 0.2) is 146 Å². The van der Waals surface area contributed by atoms with Crippen molar-refractivity contribution in [3.05, 3.63) is 146 Å². The maximum absolute atomic E-state index is 4.18. The second-order valence-corrected chi connectivity index (χ2v) is 10.3. The van der Waals surface area contributed by atoms with Crippen LogP contribution in [-0.2, 0) is 0 Å². The van der Waals surface area contributed by atoms with Crippen molar-refractivity contribution in [1.82, 2.24) is 9.97 Å². The van der Waals surface area contributed by atoms with Gasteiger partial charge in [-0.05, 0) is 107 Å². The Bertz CT molecular complexity index is 2130. The van der Waals surface area contributed by atoms with Gasteiger partial charge in [0, 0.05) is 24.8 Å². The Morgan fingerprint density at radius 2 is 0.775 bits per heavy atom. The van der Waals surface area contributed by atoms with Crippen LogP contribution in [0.1, 0.15) is 0 Å². The Kier molecular flexibility index (Phi) is 5.17. The van der Waals surface area contributed by atoms with Crippen LogP contribution in [0.3, 0.4) is 0 Å². The fourth-order valence-corrected chi connectivity index (χ4v) is 6.10. The van der Waals surface area contributed by atoms with E-state index in [9.17, 15) is 0 Å². The third kappa shape index (κ3) is 3.65. The van der Waals surface area contributed by atoms with Crippen LogP contribution in [0.5, 0.6) is 0 Å². The molecule has 0 spiro atoms. The van der Waals surface area contributed by atoms with Gasteiger partial charge in [-0.25, -0.2) is 0 Å². The number of hydrogen-bond acceptors (Lipinski definition) is 2. The van der Waals surface area contributed by atoms with Crippen molar-refractivity contribution in [2.45, 2.75) is 0 Å². The predicted octanol–water partition coefficient (Wildman–Crippen LogP) is 10.0. The van der Waals surface area contributed by atoms with E-state index in [2.05, 4.69) is 131 Å². The van der Waals surface area contributed by atoms with Crippen molar-refractivity contribution in [2.24, 2.45) is 0 Å². The highest BCUT2D eigenvalue weighted by atomic mass is 14.6. The van der Waals surface area contributed by atoms with Crippen LogP contribution < -0.4 is 0 Å². The summed E-state index contributed by atoms with van der Waals surface area (Å²) in [5.74, 6) is 0. The van der Waals surface area contributed by atoms with E-state index in [4.69, 9.17) is 0 Å². The SMILES string of the molecule is c1cc(-c2ccncc2)cc(-c2ccc3ccc4ccc(-c5ccc(-c6ccncc6)cc5)c5ccc2c3c45)c1. The first-order chi connectivity index (χ1) is 19.8. The summed E-state index contributed by atoms with van der Waals surface area (Å²) in [6, 6.07) is 44.1. The summed E-state index contributed by atoms with van der Waals surface area (Å²) in [5.41, 5.74) is 9.70. The number of nitrogens with zero attached hydrogens (tertiary/aromatic N) is 2. The number of pyridine rings is 2. The van der Waals surface area contributed by atoms with Gasteiger partial charge in [-0.2, -0.15) is 0 Å². The molecule has 0 atom stereocenters. The summed E-state index contributed by atoms with van der Waals surface area (Å²) in [4.78, 5) is 8.34. The molecule has 6 aromatic carbocycles. The van der Waals surface area contributed by atoms with Crippen molar-refractivity contribution in [3.63, 3.8) is 0 Å². The third-order valence-corrected chi connectivity index (χ3v) is 8.06. The van der Waals surface area contributed by atoms with Gasteiger partial charge >= 0.3 is 0 Å². The molecule has 2 nitrogen and oxygen atoms in total. The Hall–Kier alpha value is -5.34. The average Bonchev–Trinajstić information content (AvgIpc) is 3.04. The van der Waals surface area contributed by atoms with Crippen molar-refractivity contribution in [1.29, 1.82) is 0 Å². The standard InChI is InChI=1S/C38H24N2/c1-2-31(27-18-22-40-23-19-27)24-32(3-1)34-13-11-30-9-8-29-10-12-33(35-14-15-36(34)38(30)37(29)35)28-6-4-25(5-7-28)26-16-20-39-21-17-26/h1-24H. The molecule has 40 heavy (non-hydrogen) atoms. The van der Waals surface area contributed by atoms with Gasteiger partial charge in [0.05, 0.1) is 0 Å². The molecule has 0 radical (unpaired) electrons. The molecular formula is C38H24N2. The Morgan fingerprint density at radius 1 is 0.325 bits per heavy atom. The molecule has 0 amide bonds. The van der Waals surface area contributed by atoms with Gasteiger partial charge in [0.15, 0.2) is 0 Å². The summed E-state index contributed by atoms with van der Waals surface area (Å²) in [5, 5.41) is 7.78. The van der Waals surface area contributed by atoms with Crippen molar-refractivity contribution >= 4 is 32.3 Å². The van der Waals surface area contributed by atoms with E-state index in [1.807, 2.05) is 24.8 Å². The molecular weight excluding hydrogens is 484 g/mol. The molecule has 2 heterocycles. The van der Waals surface area contributed by atoms with Crippen LogP contribution in [0.25, 0.3) is 76.8 Å². The zero-order valence-electron chi connectivity index (χ0n) is 21.8. The average molecular weight is 509 g/mol. The molecule has 8 aromatic rings. The third-order valence-electron chi connectivity index (χ3n) is 8.06. The summed E-state index contributed by atoms with van der Waals surface area (Å²) in [6.45, 7) is 0. The van der Waals surface area contributed by atoms with Gasteiger partial charge in [-0.1, -0.05) is 91.0 Å². The topological polar surface area (TPSA) is 25.8 Å². The largest absolute Gasteiger partial charge is 0.265 e. The number of rotatable bonds is 4. The van der Waals surface area contributed by atoms with E-state index in [1.54, 1.807) is 0 Å². The molecule has 0 aliphatic rings. The van der Waals surface area contributed by atoms with Crippen molar-refractivity contribution in [2.75, 3.05) is 0 Å². The number of aromatic nitrogens is 2. The second-order valence-electron chi connectivity index (χ2n) is 10.3. The van der Waals surface area contributed by atoms with Crippen LogP contribution in [0.2, 0.25) is 0 Å². The van der Waals surface area contributed by atoms with Crippen molar-refractivity contribution in [3.8, 4) is 44.5 Å². The lowest BCUT2D eigenvalue weighted by Gasteiger charge is -2.17. The highest BCUT2D eigenvalue weighted by Crippen LogP contribution is 2.43. The highest BCUT2D eigenvalue weighted by Gasteiger charge is 2.15. The summed E-state index contributed by atoms with van der Waals surface area (Å²) in [6.07, 6.45) is 7.38. The second kappa shape index (κ2) is 9.14. The summed E-state index contributed by atoms with van der Waals surface area (Å²) >= 11 is 0. The summed E-state index contributed by atoms with van der Waals surface area (Å²) in [7, 11) is 0. The first kappa shape index (κ1) is 22.6. The van der Waals surface area contributed by atoms with E-state index >= 15 is 0 Å². The molecule has 0 aliphatic carbocycles. The van der Waals surface area contributed by atoms with Gasteiger partial charge in [-0.15, -0.1) is 0 Å². The predicted molar refractivity (Wildman–Crippen MR) is 167 cm³/mol. The first-order valence-electron chi connectivity index (χ1n) is 13.6. The smallest absolute Gasteiger partial charge is 0.0273 e. The lowest BCUT2D eigenvalue weighted by molar-refractivity contribution is 1.33. The molecule has 8 rings (SSSR count). The first-order valence-corrected chi connectivity index (χ1v) is 13.6. The molecule has 2 aromatic heterocycles. The van der Waals surface area contributed by atoms with Gasteiger partial charge in [0.1, 0.15) is 0 Å². The zero-order chi connectivity index (χ0) is 26.5. The Labute approximate surface area is 232 Å². The normalized spacial score (nSPS) is 11.5. The van der Waals surface area contributed by atoms with Crippen LogP contribution in [-0.4, -0.2) is 9.97 Å². The van der Waals surface area contributed by atoms with E-state index in [-0.39, 0.29) is 0 Å². The minimum Gasteiger partial charge on any atom is -0.265 e. The monoisotopic (exact) mass is 508 g/mol. The maximum Gasteiger partial charge on any atom is 0.0273 e. The molecule has 0 saturated carbocycles. The van der Waals surface area contributed by atoms with Gasteiger partial charge in [-0.3, -0.25) is 9.97 Å². The highest BCUT2D eigenvalue weighted by molar-refractivity contribution is 6.27. The lowest BCUT2D eigenvalue weighted by atomic mass is 9.86. The molecule has 0 aliphatic heterocycles. The molecule has 2 heteroatoms. The van der Waals surface area contributed by atoms with Gasteiger partial charge < -0.3 is 0 Å². The molecule has 186 valence electrons. The lowest BCUT2D eigenvalue weighted by Crippen LogP contribution is -1.90. The van der Waals surface area contributed by atoms with Crippen LogP contribution >= 0.6 is 0 Å². The van der Waals surface area contributed by atoms with Gasteiger partial charge in [0.2, 0.25) is 0 Å². The molecule has 0 unspecified atom stereocenters. The van der Waals surface area contributed by atoms with E-state index in [0.717, 1.165) is 0 Å². The van der Waals surface area contributed by atoms with Crippen LogP contribution in [0.4, 0.5) is 0 Å². The van der Waals surface area contributed by atoms with E-state index in [1.165, 1.54) is 76.8 Å². The zero-order valence-corrected chi connectivity index (χ0v) is 21.8.